The second kappa shape index (κ2) is 11.0. The molecule has 0 saturated heterocycles. The van der Waals surface area contributed by atoms with Gasteiger partial charge in [-0.05, 0) is 59.2 Å². The van der Waals surface area contributed by atoms with Crippen LogP contribution in [0.3, 0.4) is 0 Å². The number of alkyl halides is 3. The number of nitrogens with zero attached hydrogens (tertiary/aromatic N) is 3. The molecule has 0 unspecified atom stereocenters. The van der Waals surface area contributed by atoms with Crippen LogP contribution < -0.4 is 10.1 Å². The summed E-state index contributed by atoms with van der Waals surface area (Å²) in [6.45, 7) is 1.28. The van der Waals surface area contributed by atoms with Gasteiger partial charge in [-0.3, -0.25) is 9.47 Å². The van der Waals surface area contributed by atoms with Gasteiger partial charge in [0.05, 0.1) is 5.52 Å². The van der Waals surface area contributed by atoms with Crippen molar-refractivity contribution in [3.05, 3.63) is 101 Å². The number of hydrogen-bond donors (Lipinski definition) is 1. The molecule has 40 heavy (non-hydrogen) atoms. The van der Waals surface area contributed by atoms with E-state index < -0.39 is 35.7 Å². The molecule has 1 amide bonds. The van der Waals surface area contributed by atoms with Gasteiger partial charge in [-0.2, -0.15) is 4.39 Å². The average molecular weight is 560 g/mol. The Bertz CT molecular complexity index is 1600. The Balaban J connectivity index is 1.42. The van der Waals surface area contributed by atoms with Gasteiger partial charge in [0.1, 0.15) is 5.75 Å². The minimum absolute atomic E-state index is 0.0168. The smallest absolute Gasteiger partial charge is 0.406 e. The summed E-state index contributed by atoms with van der Waals surface area (Å²) in [5, 5.41) is 3.16. The zero-order valence-electron chi connectivity index (χ0n) is 20.8. The number of halogens is 6. The van der Waals surface area contributed by atoms with E-state index in [-0.39, 0.29) is 6.54 Å². The highest BCUT2D eigenvalue weighted by atomic mass is 19.4. The van der Waals surface area contributed by atoms with Crippen LogP contribution in [0.25, 0.3) is 17.0 Å². The lowest BCUT2D eigenvalue weighted by Crippen LogP contribution is -2.34. The Morgan fingerprint density at radius 2 is 1.88 bits per heavy atom. The van der Waals surface area contributed by atoms with E-state index in [2.05, 4.69) is 15.0 Å². The molecule has 3 heterocycles. The molecule has 208 valence electrons. The van der Waals surface area contributed by atoms with Crippen molar-refractivity contribution in [2.24, 2.45) is 0 Å². The van der Waals surface area contributed by atoms with Gasteiger partial charge >= 0.3 is 12.4 Å². The maximum absolute atomic E-state index is 13.5. The maximum Gasteiger partial charge on any atom is 0.573 e. The van der Waals surface area contributed by atoms with Crippen molar-refractivity contribution in [1.29, 1.82) is 0 Å². The van der Waals surface area contributed by atoms with Crippen molar-refractivity contribution >= 4 is 23.0 Å². The average Bonchev–Trinajstić information content (AvgIpc) is 3.21. The predicted molar refractivity (Wildman–Crippen MR) is 135 cm³/mol. The molecule has 1 aliphatic rings. The predicted octanol–water partition coefficient (Wildman–Crippen LogP) is 6.18. The lowest BCUT2D eigenvalue weighted by molar-refractivity contribution is -0.274. The van der Waals surface area contributed by atoms with Crippen molar-refractivity contribution in [3.8, 4) is 5.75 Å². The molecule has 0 bridgehead atoms. The molecule has 0 atom stereocenters. The van der Waals surface area contributed by atoms with Gasteiger partial charge < -0.3 is 10.1 Å². The number of amides is 1. The first-order valence-corrected chi connectivity index (χ1v) is 12.2. The number of rotatable bonds is 6. The van der Waals surface area contributed by atoms with E-state index in [9.17, 15) is 31.1 Å². The van der Waals surface area contributed by atoms with Gasteiger partial charge in [0.25, 0.3) is 0 Å². The third-order valence-electron chi connectivity index (χ3n) is 6.49. The van der Waals surface area contributed by atoms with Crippen LogP contribution in [0.2, 0.25) is 0 Å². The Labute approximate surface area is 224 Å². The molecule has 1 aliphatic heterocycles. The fourth-order valence-corrected chi connectivity index (χ4v) is 4.74. The zero-order valence-corrected chi connectivity index (χ0v) is 20.8. The minimum atomic E-state index is -4.88. The van der Waals surface area contributed by atoms with Crippen LogP contribution in [0.15, 0.2) is 60.8 Å². The van der Waals surface area contributed by atoms with Crippen molar-refractivity contribution < 1.29 is 35.9 Å². The SMILES string of the molecule is O=C(NCc1ccnc(F)c1)n1c2c(c3cc(OC(F)(F)F)ccc31)CN(CC=Cc1ccc(F)c(F)c1)CC2. The third-order valence-corrected chi connectivity index (χ3v) is 6.49. The molecule has 0 radical (unpaired) electrons. The quantitative estimate of drug-likeness (QED) is 0.226. The zero-order chi connectivity index (χ0) is 28.4. The molecule has 6 nitrogen and oxygen atoms in total. The van der Waals surface area contributed by atoms with Crippen LogP contribution in [-0.4, -0.2) is 39.9 Å². The summed E-state index contributed by atoms with van der Waals surface area (Å²) in [5.74, 6) is -3.00. The number of fused-ring (bicyclic) bond motifs is 3. The van der Waals surface area contributed by atoms with E-state index in [4.69, 9.17) is 0 Å². The number of ether oxygens (including phenoxy) is 1. The highest BCUT2D eigenvalue weighted by Gasteiger charge is 2.32. The van der Waals surface area contributed by atoms with E-state index in [1.807, 2.05) is 4.90 Å². The first-order chi connectivity index (χ1) is 19.1. The standard InChI is InChI=1S/C28H22F6N4O2/c29-22-5-3-17(12-23(22)30)2-1-10-37-11-8-25-21(16-37)20-14-19(40-28(32,33)34)4-6-24(20)38(25)27(39)36-15-18-7-9-35-26(31)13-18/h1-7,9,12-14H,8,10-11,15-16H2,(H,36,39). The summed E-state index contributed by atoms with van der Waals surface area (Å²) in [6.07, 6.45) is 0.225. The number of carbonyl (C=O) groups is 1. The molecular weight excluding hydrogens is 538 g/mol. The first kappa shape index (κ1) is 27.3. The van der Waals surface area contributed by atoms with E-state index in [0.717, 1.165) is 18.2 Å². The molecule has 2 aromatic heterocycles. The fraction of sp³-hybridized carbons (Fsp3) is 0.214. The third kappa shape index (κ3) is 6.12. The Hall–Kier alpha value is -4.32. The largest absolute Gasteiger partial charge is 0.573 e. The molecular formula is C28H22F6N4O2. The van der Waals surface area contributed by atoms with E-state index >= 15 is 0 Å². The number of carbonyl (C=O) groups excluding carboxylic acids is 1. The van der Waals surface area contributed by atoms with E-state index in [0.29, 0.717) is 59.3 Å². The normalized spacial score (nSPS) is 14.1. The molecule has 0 fully saturated rings. The van der Waals surface area contributed by atoms with Crippen LogP contribution in [0.4, 0.5) is 31.1 Å². The van der Waals surface area contributed by atoms with Crippen molar-refractivity contribution in [3.63, 3.8) is 0 Å². The van der Waals surface area contributed by atoms with Gasteiger partial charge in [-0.25, -0.2) is 18.6 Å². The monoisotopic (exact) mass is 560 g/mol. The first-order valence-electron chi connectivity index (χ1n) is 12.2. The van der Waals surface area contributed by atoms with Crippen LogP contribution in [-0.2, 0) is 19.5 Å². The Morgan fingerprint density at radius 3 is 2.62 bits per heavy atom. The molecule has 4 aromatic rings. The second-order valence-electron chi connectivity index (χ2n) is 9.19. The molecule has 0 saturated carbocycles. The minimum Gasteiger partial charge on any atom is -0.406 e. The molecule has 1 N–H and O–H groups in total. The maximum atomic E-state index is 13.5. The number of benzene rings is 2. The fourth-order valence-electron chi connectivity index (χ4n) is 4.74. The van der Waals surface area contributed by atoms with Crippen molar-refractivity contribution in [2.75, 3.05) is 13.1 Å². The van der Waals surface area contributed by atoms with Crippen LogP contribution in [0.1, 0.15) is 22.4 Å². The summed E-state index contributed by atoms with van der Waals surface area (Å²) in [6, 6.07) is 9.58. The topological polar surface area (TPSA) is 59.4 Å². The highest BCUT2D eigenvalue weighted by molar-refractivity contribution is 5.96. The van der Waals surface area contributed by atoms with Gasteiger partial charge in [-0.15, -0.1) is 13.2 Å². The van der Waals surface area contributed by atoms with Crippen LogP contribution >= 0.6 is 0 Å². The lowest BCUT2D eigenvalue weighted by atomic mass is 10.0. The second-order valence-corrected chi connectivity index (χ2v) is 9.19. The van der Waals surface area contributed by atoms with Gasteiger partial charge in [-0.1, -0.05) is 18.2 Å². The van der Waals surface area contributed by atoms with E-state index in [1.165, 1.54) is 35.0 Å². The Kier molecular flexibility index (Phi) is 7.53. The van der Waals surface area contributed by atoms with Crippen LogP contribution in [0.5, 0.6) is 5.75 Å². The van der Waals surface area contributed by atoms with Crippen molar-refractivity contribution in [2.45, 2.75) is 25.9 Å². The molecule has 0 aliphatic carbocycles. The molecule has 0 spiro atoms. The van der Waals surface area contributed by atoms with Gasteiger partial charge in [0, 0.05) is 49.9 Å². The number of aromatic nitrogens is 2. The number of nitrogens with one attached hydrogen (secondary N) is 1. The number of pyridine rings is 1. The highest BCUT2D eigenvalue weighted by Crippen LogP contribution is 2.35. The number of hydrogen-bond acceptors (Lipinski definition) is 4. The summed E-state index contributed by atoms with van der Waals surface area (Å²) in [4.78, 5) is 18.8. The van der Waals surface area contributed by atoms with E-state index in [1.54, 1.807) is 18.2 Å². The summed E-state index contributed by atoms with van der Waals surface area (Å²) in [7, 11) is 0. The Morgan fingerprint density at radius 1 is 1.05 bits per heavy atom. The molecule has 2 aromatic carbocycles. The van der Waals surface area contributed by atoms with Crippen molar-refractivity contribution in [1.82, 2.24) is 19.8 Å². The summed E-state index contributed by atoms with van der Waals surface area (Å²) in [5.41, 5.74) is 2.68. The summed E-state index contributed by atoms with van der Waals surface area (Å²) >= 11 is 0. The van der Waals surface area contributed by atoms with Crippen LogP contribution in [0, 0.1) is 17.6 Å². The molecule has 12 heteroatoms. The van der Waals surface area contributed by atoms with Gasteiger partial charge in [0.2, 0.25) is 5.95 Å². The lowest BCUT2D eigenvalue weighted by Gasteiger charge is -2.27. The van der Waals surface area contributed by atoms with Gasteiger partial charge in [0.15, 0.2) is 11.6 Å². The molecule has 5 rings (SSSR count). The summed E-state index contributed by atoms with van der Waals surface area (Å²) < 4.78 is 84.4.